The molecule has 10 heteroatoms. The first kappa shape index (κ1) is 28.0. The Kier molecular flexibility index (Phi) is 15.9. The summed E-state index contributed by atoms with van der Waals surface area (Å²) in [7, 11) is 0. The zero-order valence-corrected chi connectivity index (χ0v) is 17.9. The largest absolute Gasteiger partial charge is 3.00 e. The molecule has 0 unspecified atom stereocenters. The standard InChI is InChI=1S/2C9H9NO3.Co.Na/c2*11-8-4-2-1-3-7(8)5-10-6-9(12)13;;/h2*1-5,11H,6H2,(H,12,13);;/q;;+3;+1/p-4. The zero-order valence-electron chi connectivity index (χ0n) is 14.9. The van der Waals surface area contributed by atoms with E-state index in [2.05, 4.69) is 9.98 Å². The minimum Gasteiger partial charge on any atom is -0.872 e. The van der Waals surface area contributed by atoms with E-state index in [1.165, 1.54) is 24.6 Å². The monoisotopic (exact) mass is 436 g/mol. The summed E-state index contributed by atoms with van der Waals surface area (Å²) in [5.41, 5.74) is 0.757. The molecule has 2 rings (SSSR count). The van der Waals surface area contributed by atoms with Crippen LogP contribution >= 0.6 is 0 Å². The maximum Gasteiger partial charge on any atom is 3.00 e. The van der Waals surface area contributed by atoms with Gasteiger partial charge < -0.3 is 30.0 Å². The Morgan fingerprint density at radius 2 is 1.07 bits per heavy atom. The van der Waals surface area contributed by atoms with Crippen LogP contribution in [0.25, 0.3) is 0 Å². The zero-order chi connectivity index (χ0) is 19.4. The van der Waals surface area contributed by atoms with Gasteiger partial charge in [0.15, 0.2) is 0 Å². The first-order valence-electron chi connectivity index (χ1n) is 7.31. The minimum atomic E-state index is -1.26. The summed E-state index contributed by atoms with van der Waals surface area (Å²) >= 11 is 0. The van der Waals surface area contributed by atoms with Crippen LogP contribution in [0.1, 0.15) is 11.1 Å². The number of aliphatic imine (C=N–C) groups is 2. The summed E-state index contributed by atoms with van der Waals surface area (Å²) in [6, 6.07) is 12.5. The third-order valence-electron chi connectivity index (χ3n) is 2.74. The fraction of sp³-hybridized carbons (Fsp3) is 0.111. The van der Waals surface area contributed by atoms with Crippen LogP contribution in [-0.2, 0) is 26.4 Å². The van der Waals surface area contributed by atoms with E-state index in [-0.39, 0.29) is 57.8 Å². The second-order valence-electron chi connectivity index (χ2n) is 4.76. The molecule has 8 nitrogen and oxygen atoms in total. The van der Waals surface area contributed by atoms with Crippen molar-refractivity contribution in [3.8, 4) is 11.5 Å². The number of carbonyl (C=O) groups excluding carboxylic acids is 2. The van der Waals surface area contributed by atoms with E-state index in [4.69, 9.17) is 0 Å². The Morgan fingerprint density at radius 3 is 1.36 bits per heavy atom. The number of benzene rings is 2. The summed E-state index contributed by atoms with van der Waals surface area (Å²) in [5.74, 6) is -2.88. The summed E-state index contributed by atoms with van der Waals surface area (Å²) in [4.78, 5) is 27.0. The molecule has 2 aromatic rings. The van der Waals surface area contributed by atoms with Gasteiger partial charge in [0.2, 0.25) is 0 Å². The Labute approximate surface area is 194 Å². The predicted molar refractivity (Wildman–Crippen MR) is 86.7 cm³/mol. The van der Waals surface area contributed by atoms with E-state index in [1.54, 1.807) is 36.4 Å². The fourth-order valence-electron chi connectivity index (χ4n) is 1.61. The fourth-order valence-corrected chi connectivity index (χ4v) is 1.61. The Morgan fingerprint density at radius 1 is 0.750 bits per heavy atom. The predicted octanol–water partition coefficient (Wildman–Crippen LogP) is -5.14. The van der Waals surface area contributed by atoms with Crippen LogP contribution in [0.4, 0.5) is 0 Å². The van der Waals surface area contributed by atoms with Crippen LogP contribution in [0.5, 0.6) is 11.5 Å². The van der Waals surface area contributed by atoms with Gasteiger partial charge >= 0.3 is 46.3 Å². The average Bonchev–Trinajstić information content (AvgIpc) is 2.58. The van der Waals surface area contributed by atoms with Crippen LogP contribution in [-0.4, -0.2) is 37.5 Å². The first-order valence-corrected chi connectivity index (χ1v) is 7.31. The summed E-state index contributed by atoms with van der Waals surface area (Å²) < 4.78 is 0. The molecule has 0 radical (unpaired) electrons. The third kappa shape index (κ3) is 12.3. The van der Waals surface area contributed by atoms with Gasteiger partial charge in [-0.25, -0.2) is 0 Å². The molecule has 2 aromatic carbocycles. The minimum absolute atomic E-state index is 0. The number of para-hydroxylation sites is 2. The van der Waals surface area contributed by atoms with Gasteiger partial charge in [-0.1, -0.05) is 48.5 Å². The molecule has 0 aliphatic carbocycles. The number of aliphatic carboxylic acids is 2. The van der Waals surface area contributed by atoms with E-state index < -0.39 is 25.0 Å². The van der Waals surface area contributed by atoms with E-state index in [0.717, 1.165) is 0 Å². The van der Waals surface area contributed by atoms with Gasteiger partial charge in [0.05, 0.1) is 25.0 Å². The second-order valence-corrected chi connectivity index (χ2v) is 4.76. The molecular formula is C18H14CoN2NaO6. The number of hydrogen-bond acceptors (Lipinski definition) is 8. The molecule has 0 atom stereocenters. The van der Waals surface area contributed by atoms with Crippen LogP contribution in [0.2, 0.25) is 0 Å². The number of carboxylic acid groups (broad SMARTS) is 2. The van der Waals surface area contributed by atoms with E-state index >= 15 is 0 Å². The van der Waals surface area contributed by atoms with Gasteiger partial charge in [0, 0.05) is 12.4 Å². The maximum absolute atomic E-state index is 11.0. The average molecular weight is 436 g/mol. The van der Waals surface area contributed by atoms with E-state index in [1.807, 2.05) is 0 Å². The van der Waals surface area contributed by atoms with Crippen LogP contribution in [0.15, 0.2) is 58.5 Å². The molecule has 0 spiro atoms. The van der Waals surface area contributed by atoms with E-state index in [9.17, 15) is 30.0 Å². The summed E-state index contributed by atoms with van der Waals surface area (Å²) in [5, 5.41) is 42.0. The molecule has 0 heterocycles. The SMILES string of the molecule is O=C([O-])CN=Cc1ccccc1[O-].O=C([O-])CN=Cc1ccccc1[O-].[Co+3].[Na+]. The van der Waals surface area contributed by atoms with Crippen molar-refractivity contribution in [3.63, 3.8) is 0 Å². The van der Waals surface area contributed by atoms with Gasteiger partial charge in [0.25, 0.3) is 0 Å². The van der Waals surface area contributed by atoms with Crippen molar-refractivity contribution in [1.82, 2.24) is 0 Å². The molecule has 0 saturated carbocycles. The topological polar surface area (TPSA) is 151 Å². The second kappa shape index (κ2) is 15.8. The summed E-state index contributed by atoms with van der Waals surface area (Å²) in [6.45, 7) is -0.845. The van der Waals surface area contributed by atoms with E-state index in [0.29, 0.717) is 11.1 Å². The quantitative estimate of drug-likeness (QED) is 0.326. The number of hydrogen-bond donors (Lipinski definition) is 0. The number of nitrogens with zero attached hydrogens (tertiary/aromatic N) is 2. The molecule has 0 bridgehead atoms. The molecule has 0 aliphatic rings. The Balaban J connectivity index is 0. The number of rotatable bonds is 6. The smallest absolute Gasteiger partial charge is 0.872 e. The Bertz CT molecular complexity index is 747. The van der Waals surface area contributed by atoms with Crippen LogP contribution in [0, 0.1) is 0 Å². The number of carbonyl (C=O) groups is 2. The van der Waals surface area contributed by atoms with Crippen molar-refractivity contribution in [2.45, 2.75) is 0 Å². The van der Waals surface area contributed by atoms with Crippen LogP contribution in [0.3, 0.4) is 0 Å². The van der Waals surface area contributed by atoms with Gasteiger partial charge in [-0.2, -0.15) is 0 Å². The molecule has 0 saturated heterocycles. The first-order chi connectivity index (χ1) is 12.4. The number of carboxylic acids is 2. The molecule has 28 heavy (non-hydrogen) atoms. The molecule has 0 aromatic heterocycles. The van der Waals surface area contributed by atoms with Crippen LogP contribution < -0.4 is 50.0 Å². The van der Waals surface area contributed by atoms with Gasteiger partial charge in [-0.05, 0) is 11.1 Å². The Hall–Kier alpha value is -2.17. The molecule has 0 fully saturated rings. The van der Waals surface area contributed by atoms with Crippen molar-refractivity contribution < 1.29 is 76.4 Å². The normalized spacial score (nSPS) is 9.71. The van der Waals surface area contributed by atoms with Gasteiger partial charge in [-0.3, -0.25) is 9.98 Å². The molecular weight excluding hydrogens is 422 g/mol. The van der Waals surface area contributed by atoms with Crippen molar-refractivity contribution >= 4 is 24.4 Å². The van der Waals surface area contributed by atoms with Gasteiger partial charge in [-0.15, -0.1) is 11.5 Å². The molecule has 0 amide bonds. The van der Waals surface area contributed by atoms with Crippen molar-refractivity contribution in [2.75, 3.05) is 13.1 Å². The van der Waals surface area contributed by atoms with Crippen molar-refractivity contribution in [1.29, 1.82) is 0 Å². The summed E-state index contributed by atoms with van der Waals surface area (Å²) in [6.07, 6.45) is 2.47. The molecule has 0 N–H and O–H groups in total. The van der Waals surface area contributed by atoms with Crippen molar-refractivity contribution in [3.05, 3.63) is 59.7 Å². The maximum atomic E-state index is 11.0. The molecule has 142 valence electrons. The third-order valence-corrected chi connectivity index (χ3v) is 2.74. The van der Waals surface area contributed by atoms with Crippen molar-refractivity contribution in [2.24, 2.45) is 9.98 Å². The molecule has 0 aliphatic heterocycles. The van der Waals surface area contributed by atoms with Gasteiger partial charge in [0.1, 0.15) is 0 Å².